The number of benzene rings is 1. The van der Waals surface area contributed by atoms with Gasteiger partial charge >= 0.3 is 0 Å². The van der Waals surface area contributed by atoms with E-state index in [2.05, 4.69) is 22.3 Å². The molecule has 1 aliphatic heterocycles. The van der Waals surface area contributed by atoms with Crippen molar-refractivity contribution in [3.8, 4) is 5.75 Å². The lowest BCUT2D eigenvalue weighted by molar-refractivity contribution is -0.135. The average molecular weight is 426 g/mol. The highest BCUT2D eigenvalue weighted by Gasteiger charge is 2.51. The molecule has 4 saturated carbocycles. The number of ether oxygens (including phenoxy) is 1. The number of hydrogen-bond acceptors (Lipinski definition) is 4. The molecule has 4 bridgehead atoms. The van der Waals surface area contributed by atoms with Crippen molar-refractivity contribution in [3.63, 3.8) is 0 Å². The normalized spacial score (nSPS) is 31.6. The topological polar surface area (TPSA) is 61.9 Å². The molecular weight excluding hydrogens is 390 g/mol. The number of carbonyl (C=O) groups is 2. The number of amides is 2. The number of methoxy groups -OCH3 is 1. The molecular formula is C25H35N3O3. The summed E-state index contributed by atoms with van der Waals surface area (Å²) in [4.78, 5) is 29.5. The summed E-state index contributed by atoms with van der Waals surface area (Å²) in [5.74, 6) is 3.51. The van der Waals surface area contributed by atoms with Crippen LogP contribution >= 0.6 is 0 Å². The smallest absolute Gasteiger partial charge is 0.242 e. The summed E-state index contributed by atoms with van der Waals surface area (Å²) in [6, 6.07) is 8.04. The van der Waals surface area contributed by atoms with Gasteiger partial charge in [-0.05, 0) is 86.0 Å². The number of hydrogen-bond donors (Lipinski definition) is 1. The molecule has 0 radical (unpaired) electrons. The van der Waals surface area contributed by atoms with Crippen LogP contribution in [-0.4, -0.2) is 56.5 Å². The van der Waals surface area contributed by atoms with Crippen molar-refractivity contribution in [2.24, 2.45) is 23.2 Å². The van der Waals surface area contributed by atoms with Crippen molar-refractivity contribution in [2.45, 2.75) is 44.9 Å². The van der Waals surface area contributed by atoms with Crippen molar-refractivity contribution >= 4 is 17.5 Å². The summed E-state index contributed by atoms with van der Waals surface area (Å²) in [5.41, 5.74) is 1.38. The molecule has 1 aromatic carbocycles. The van der Waals surface area contributed by atoms with Gasteiger partial charge in [0.25, 0.3) is 0 Å². The lowest BCUT2D eigenvalue weighted by atomic mass is 9.49. The molecule has 0 unspecified atom stereocenters. The quantitative estimate of drug-likeness (QED) is 0.761. The maximum Gasteiger partial charge on any atom is 0.242 e. The molecule has 5 aliphatic rings. The van der Waals surface area contributed by atoms with Crippen LogP contribution in [0, 0.1) is 23.2 Å². The largest absolute Gasteiger partial charge is 0.497 e. The van der Waals surface area contributed by atoms with Crippen molar-refractivity contribution in [3.05, 3.63) is 24.3 Å². The zero-order valence-electron chi connectivity index (χ0n) is 18.6. The van der Waals surface area contributed by atoms with Crippen molar-refractivity contribution in [1.82, 2.24) is 10.2 Å². The second-order valence-corrected chi connectivity index (χ2v) is 10.4. The van der Waals surface area contributed by atoms with Gasteiger partial charge in [0.05, 0.1) is 13.7 Å². The third-order valence-corrected chi connectivity index (χ3v) is 8.21. The zero-order chi connectivity index (χ0) is 21.4. The van der Waals surface area contributed by atoms with Gasteiger partial charge in [0.15, 0.2) is 0 Å². The first-order valence-corrected chi connectivity index (χ1v) is 12.0. The predicted octanol–water partition coefficient (Wildman–Crippen LogP) is 3.07. The first-order valence-electron chi connectivity index (χ1n) is 12.0. The van der Waals surface area contributed by atoms with Gasteiger partial charge in [0, 0.05) is 38.3 Å². The van der Waals surface area contributed by atoms with Gasteiger partial charge < -0.3 is 19.9 Å². The first-order chi connectivity index (χ1) is 15.0. The summed E-state index contributed by atoms with van der Waals surface area (Å²) in [5, 5.41) is 2.95. The van der Waals surface area contributed by atoms with Crippen LogP contribution in [0.5, 0.6) is 5.75 Å². The van der Waals surface area contributed by atoms with Crippen molar-refractivity contribution < 1.29 is 14.3 Å². The fourth-order valence-corrected chi connectivity index (χ4v) is 7.20. The molecule has 31 heavy (non-hydrogen) atoms. The number of carbonyl (C=O) groups excluding carboxylic acids is 2. The second-order valence-electron chi connectivity index (χ2n) is 10.4. The van der Waals surface area contributed by atoms with Crippen LogP contribution in [-0.2, 0) is 9.59 Å². The molecule has 4 aliphatic carbocycles. The minimum absolute atomic E-state index is 0.0354. The van der Waals surface area contributed by atoms with Crippen molar-refractivity contribution in [1.29, 1.82) is 0 Å². The first kappa shape index (κ1) is 20.7. The van der Waals surface area contributed by atoms with E-state index in [1.165, 1.54) is 38.5 Å². The molecule has 0 aromatic heterocycles. The van der Waals surface area contributed by atoms with Crippen LogP contribution in [0.3, 0.4) is 0 Å². The third-order valence-electron chi connectivity index (χ3n) is 8.21. The Morgan fingerprint density at radius 3 is 2.10 bits per heavy atom. The summed E-state index contributed by atoms with van der Waals surface area (Å²) >= 11 is 0. The lowest BCUT2D eigenvalue weighted by Crippen LogP contribution is -2.52. The van der Waals surface area contributed by atoms with Gasteiger partial charge in [-0.15, -0.1) is 0 Å². The van der Waals surface area contributed by atoms with Crippen LogP contribution in [0.4, 0.5) is 5.69 Å². The van der Waals surface area contributed by atoms with Gasteiger partial charge in [-0.1, -0.05) is 0 Å². The van der Waals surface area contributed by atoms with E-state index in [0.29, 0.717) is 19.5 Å². The van der Waals surface area contributed by atoms with Crippen LogP contribution in [0.15, 0.2) is 24.3 Å². The van der Waals surface area contributed by atoms with E-state index >= 15 is 0 Å². The number of nitrogens with zero attached hydrogens (tertiary/aromatic N) is 2. The summed E-state index contributed by atoms with van der Waals surface area (Å²) in [6.07, 6.45) is 8.48. The van der Waals surface area contributed by atoms with Gasteiger partial charge in [0.2, 0.25) is 11.8 Å². The summed E-state index contributed by atoms with van der Waals surface area (Å²) in [7, 11) is 1.67. The zero-order valence-corrected chi connectivity index (χ0v) is 18.6. The summed E-state index contributed by atoms with van der Waals surface area (Å²) in [6.45, 7) is 3.12. The Labute approximate surface area is 185 Å². The van der Waals surface area contributed by atoms with E-state index in [4.69, 9.17) is 4.74 Å². The molecule has 2 amide bonds. The van der Waals surface area contributed by atoms with E-state index in [9.17, 15) is 9.59 Å². The molecule has 1 aromatic rings. The molecule has 6 nitrogen and oxygen atoms in total. The molecule has 0 atom stereocenters. The van der Waals surface area contributed by atoms with Gasteiger partial charge in [-0.3, -0.25) is 9.59 Å². The van der Waals surface area contributed by atoms with E-state index in [0.717, 1.165) is 42.3 Å². The Morgan fingerprint density at radius 2 is 1.55 bits per heavy atom. The predicted molar refractivity (Wildman–Crippen MR) is 120 cm³/mol. The van der Waals surface area contributed by atoms with Crippen LogP contribution in [0.1, 0.15) is 44.9 Å². The summed E-state index contributed by atoms with van der Waals surface area (Å²) < 4.78 is 5.22. The van der Waals surface area contributed by atoms with Crippen LogP contribution in [0.2, 0.25) is 0 Å². The van der Waals surface area contributed by atoms with E-state index in [1.54, 1.807) is 7.11 Å². The average Bonchev–Trinajstić information content (AvgIpc) is 2.76. The number of nitrogens with one attached hydrogen (secondary N) is 1. The highest BCUT2D eigenvalue weighted by atomic mass is 16.5. The Morgan fingerprint density at radius 1 is 0.968 bits per heavy atom. The molecule has 6 heteroatoms. The fourth-order valence-electron chi connectivity index (χ4n) is 7.20. The maximum atomic E-state index is 12.7. The fraction of sp³-hybridized carbons (Fsp3) is 0.680. The highest BCUT2D eigenvalue weighted by molar-refractivity contribution is 5.85. The SMILES string of the molecule is COc1ccc(N2CCN(C(=O)CNC(=O)CC34CC5CC(CC(C5)C3)C4)CC2)cc1. The Bertz CT molecular complexity index is 779. The van der Waals surface area contributed by atoms with E-state index < -0.39 is 0 Å². The lowest BCUT2D eigenvalue weighted by Gasteiger charge is -2.56. The highest BCUT2D eigenvalue weighted by Crippen LogP contribution is 2.61. The monoisotopic (exact) mass is 425 g/mol. The minimum atomic E-state index is 0.0354. The van der Waals surface area contributed by atoms with Gasteiger partial charge in [-0.25, -0.2) is 0 Å². The maximum absolute atomic E-state index is 12.7. The molecule has 0 spiro atoms. The van der Waals surface area contributed by atoms with E-state index in [-0.39, 0.29) is 23.8 Å². The molecule has 5 fully saturated rings. The van der Waals surface area contributed by atoms with Crippen LogP contribution < -0.4 is 15.0 Å². The molecule has 1 N–H and O–H groups in total. The van der Waals surface area contributed by atoms with E-state index in [1.807, 2.05) is 17.0 Å². The number of piperazine rings is 1. The number of anilines is 1. The molecule has 6 rings (SSSR count). The molecule has 168 valence electrons. The standard InChI is InChI=1S/C25H35N3O3/c1-31-22-4-2-21(3-5-22)27-6-8-28(9-7-27)24(30)17-26-23(29)16-25-13-18-10-19(14-25)12-20(11-18)15-25/h2-5,18-20H,6-17H2,1H3,(H,26,29). The molecule has 1 heterocycles. The minimum Gasteiger partial charge on any atom is -0.497 e. The third kappa shape index (κ3) is 4.39. The number of rotatable bonds is 6. The van der Waals surface area contributed by atoms with Crippen molar-refractivity contribution in [2.75, 3.05) is 44.7 Å². The van der Waals surface area contributed by atoms with Crippen LogP contribution in [0.25, 0.3) is 0 Å². The van der Waals surface area contributed by atoms with Gasteiger partial charge in [0.1, 0.15) is 5.75 Å². The second kappa shape index (κ2) is 8.36. The van der Waals surface area contributed by atoms with Gasteiger partial charge in [-0.2, -0.15) is 0 Å². The molecule has 1 saturated heterocycles. The Hall–Kier alpha value is -2.24. The Balaban J connectivity index is 1.07. The Kier molecular flexibility index (Phi) is 5.57.